The highest BCUT2D eigenvalue weighted by Gasteiger charge is 2.16. The van der Waals surface area contributed by atoms with Crippen LogP contribution in [0.1, 0.15) is 32.9 Å². The lowest BCUT2D eigenvalue weighted by Crippen LogP contribution is -2.23. The van der Waals surface area contributed by atoms with Gasteiger partial charge in [-0.15, -0.1) is 0 Å². The largest absolute Gasteiger partial charge is 0.486 e. The minimum atomic E-state index is -0.337. The van der Waals surface area contributed by atoms with Crippen LogP contribution in [0, 0.1) is 13.8 Å². The van der Waals surface area contributed by atoms with Gasteiger partial charge in [0.1, 0.15) is 12.4 Å². The number of fused-ring (bicyclic) bond motifs is 1. The Hall–Kier alpha value is -3.19. The van der Waals surface area contributed by atoms with Gasteiger partial charge in [0, 0.05) is 17.6 Å². The van der Waals surface area contributed by atoms with Crippen LogP contribution in [0.2, 0.25) is 5.02 Å². The lowest BCUT2D eigenvalue weighted by molar-refractivity contribution is 0.0941. The molecule has 0 aliphatic carbocycles. The molecule has 3 aromatic rings. The van der Waals surface area contributed by atoms with Crippen LogP contribution in [-0.2, 0) is 13.2 Å². The van der Waals surface area contributed by atoms with E-state index in [0.717, 1.165) is 21.7 Å². The summed E-state index contributed by atoms with van der Waals surface area (Å²) in [5.41, 5.74) is 2.95. The van der Waals surface area contributed by atoms with E-state index < -0.39 is 0 Å². The van der Waals surface area contributed by atoms with Crippen LogP contribution in [0.3, 0.4) is 0 Å². The summed E-state index contributed by atoms with van der Waals surface area (Å²) >= 11 is 6.16. The maximum Gasteiger partial charge on any atom is 0.273 e. The average Bonchev–Trinajstić information content (AvgIpc) is 3.37. The first-order chi connectivity index (χ1) is 14.0. The van der Waals surface area contributed by atoms with Gasteiger partial charge in [0.2, 0.25) is 6.79 Å². The summed E-state index contributed by atoms with van der Waals surface area (Å²) in [6.07, 6.45) is 0. The fourth-order valence-corrected chi connectivity index (χ4v) is 3.06. The Kier molecular flexibility index (Phi) is 5.31. The number of halogens is 1. The molecule has 0 saturated carbocycles. The quantitative estimate of drug-likeness (QED) is 0.651. The molecule has 1 N–H and O–H groups in total. The van der Waals surface area contributed by atoms with Crippen LogP contribution in [0.25, 0.3) is 0 Å². The first kappa shape index (κ1) is 19.1. The molecule has 8 heteroatoms. The van der Waals surface area contributed by atoms with Gasteiger partial charge in [0.15, 0.2) is 23.0 Å². The first-order valence-corrected chi connectivity index (χ1v) is 9.39. The third-order valence-corrected chi connectivity index (χ3v) is 5.07. The van der Waals surface area contributed by atoms with Crippen molar-refractivity contribution in [1.29, 1.82) is 0 Å². The zero-order chi connectivity index (χ0) is 20.4. The highest BCUT2D eigenvalue weighted by Crippen LogP contribution is 2.32. The summed E-state index contributed by atoms with van der Waals surface area (Å²) in [5, 5.41) is 7.34. The normalized spacial score (nSPS) is 12.1. The second kappa shape index (κ2) is 8.05. The van der Waals surface area contributed by atoms with E-state index in [0.29, 0.717) is 29.6 Å². The topological polar surface area (TPSA) is 82.8 Å². The molecule has 0 radical (unpaired) electrons. The molecule has 4 rings (SSSR count). The van der Waals surface area contributed by atoms with Gasteiger partial charge < -0.3 is 24.1 Å². The Labute approximate surface area is 172 Å². The Morgan fingerprint density at radius 2 is 1.90 bits per heavy atom. The van der Waals surface area contributed by atoms with Gasteiger partial charge in [-0.3, -0.25) is 4.79 Å². The maximum absolute atomic E-state index is 12.3. The van der Waals surface area contributed by atoms with Crippen molar-refractivity contribution in [2.24, 2.45) is 0 Å². The Morgan fingerprint density at radius 3 is 2.69 bits per heavy atom. The van der Waals surface area contributed by atoms with Gasteiger partial charge in [-0.25, -0.2) is 0 Å². The monoisotopic (exact) mass is 414 g/mol. The van der Waals surface area contributed by atoms with Gasteiger partial charge in [0.25, 0.3) is 5.91 Å². The second-order valence-corrected chi connectivity index (χ2v) is 7.09. The van der Waals surface area contributed by atoms with E-state index in [1.807, 2.05) is 44.2 Å². The predicted molar refractivity (Wildman–Crippen MR) is 105 cm³/mol. The number of amides is 1. The van der Waals surface area contributed by atoms with E-state index in [-0.39, 0.29) is 25.0 Å². The fourth-order valence-electron chi connectivity index (χ4n) is 2.96. The van der Waals surface area contributed by atoms with Crippen LogP contribution in [0.5, 0.6) is 17.2 Å². The third-order valence-electron chi connectivity index (χ3n) is 4.47. The predicted octanol–water partition coefficient (Wildman–Crippen LogP) is 4.18. The van der Waals surface area contributed by atoms with Crippen LogP contribution in [0.4, 0.5) is 0 Å². The van der Waals surface area contributed by atoms with Crippen molar-refractivity contribution in [3.63, 3.8) is 0 Å². The highest BCUT2D eigenvalue weighted by atomic mass is 35.5. The lowest BCUT2D eigenvalue weighted by atomic mass is 10.1. The van der Waals surface area contributed by atoms with E-state index in [1.165, 1.54) is 0 Å². The van der Waals surface area contributed by atoms with Gasteiger partial charge in [-0.05, 0) is 54.8 Å². The van der Waals surface area contributed by atoms with Crippen molar-refractivity contribution in [3.05, 3.63) is 69.6 Å². The maximum atomic E-state index is 12.3. The van der Waals surface area contributed by atoms with Crippen molar-refractivity contribution in [1.82, 2.24) is 10.5 Å². The molecule has 2 aromatic carbocycles. The van der Waals surface area contributed by atoms with Gasteiger partial charge in [0.05, 0.1) is 0 Å². The van der Waals surface area contributed by atoms with Crippen molar-refractivity contribution in [3.8, 4) is 17.2 Å². The van der Waals surface area contributed by atoms with E-state index in [4.69, 9.17) is 30.3 Å². The minimum absolute atomic E-state index is 0.156. The number of hydrogen-bond acceptors (Lipinski definition) is 6. The molecule has 0 spiro atoms. The first-order valence-electron chi connectivity index (χ1n) is 9.01. The zero-order valence-corrected chi connectivity index (χ0v) is 16.7. The molecule has 2 heterocycles. The average molecular weight is 415 g/mol. The molecule has 0 bridgehead atoms. The van der Waals surface area contributed by atoms with Crippen LogP contribution < -0.4 is 19.5 Å². The number of rotatable bonds is 6. The number of hydrogen-bond donors (Lipinski definition) is 1. The third kappa shape index (κ3) is 4.30. The highest BCUT2D eigenvalue weighted by molar-refractivity contribution is 6.32. The SMILES string of the molecule is Cc1cc(OCc2cc(C(=O)NCc3ccc4c(c3)OCO4)no2)cc(C)c1Cl. The molecule has 7 nitrogen and oxygen atoms in total. The molecule has 0 atom stereocenters. The summed E-state index contributed by atoms with van der Waals surface area (Å²) in [6.45, 7) is 4.53. The molecule has 1 amide bonds. The molecule has 1 aliphatic heterocycles. The molecular weight excluding hydrogens is 396 g/mol. The fraction of sp³-hybridized carbons (Fsp3) is 0.238. The number of carbonyl (C=O) groups excluding carboxylic acids is 1. The number of nitrogens with zero attached hydrogens (tertiary/aromatic N) is 1. The number of benzene rings is 2. The Bertz CT molecular complexity index is 1040. The molecule has 0 fully saturated rings. The Balaban J connectivity index is 1.33. The summed E-state index contributed by atoms with van der Waals surface area (Å²) in [6, 6.07) is 10.8. The van der Waals surface area contributed by atoms with E-state index in [9.17, 15) is 4.79 Å². The number of ether oxygens (including phenoxy) is 3. The molecule has 1 aromatic heterocycles. The number of nitrogens with one attached hydrogen (secondary N) is 1. The van der Waals surface area contributed by atoms with E-state index in [1.54, 1.807) is 6.07 Å². The molecule has 0 saturated heterocycles. The summed E-state index contributed by atoms with van der Waals surface area (Å²) in [4.78, 5) is 12.3. The molecule has 29 heavy (non-hydrogen) atoms. The standard InChI is InChI=1S/C21H19ClN2O5/c1-12-5-15(6-13(2)20(12)22)26-10-16-8-17(24-29-16)21(25)23-9-14-3-4-18-19(7-14)28-11-27-18/h3-8H,9-11H2,1-2H3,(H,23,25). The van der Waals surface area contributed by atoms with Crippen molar-refractivity contribution in [2.75, 3.05) is 6.79 Å². The zero-order valence-electron chi connectivity index (χ0n) is 16.0. The van der Waals surface area contributed by atoms with E-state index >= 15 is 0 Å². The molecule has 1 aliphatic rings. The lowest BCUT2D eigenvalue weighted by Gasteiger charge is -2.08. The number of carbonyl (C=O) groups is 1. The van der Waals surface area contributed by atoms with Crippen LogP contribution in [0.15, 0.2) is 40.9 Å². The Morgan fingerprint density at radius 1 is 1.14 bits per heavy atom. The van der Waals surface area contributed by atoms with Crippen molar-refractivity contribution in [2.45, 2.75) is 27.0 Å². The van der Waals surface area contributed by atoms with Crippen LogP contribution >= 0.6 is 11.6 Å². The minimum Gasteiger partial charge on any atom is -0.486 e. The molecule has 0 unspecified atom stereocenters. The molecule has 150 valence electrons. The summed E-state index contributed by atoms with van der Waals surface area (Å²) in [7, 11) is 0. The molecular formula is C21H19ClN2O5. The van der Waals surface area contributed by atoms with E-state index in [2.05, 4.69) is 10.5 Å². The van der Waals surface area contributed by atoms with Crippen molar-refractivity contribution >= 4 is 17.5 Å². The number of aryl methyl sites for hydroxylation is 2. The van der Waals surface area contributed by atoms with Gasteiger partial charge in [-0.1, -0.05) is 22.8 Å². The summed E-state index contributed by atoms with van der Waals surface area (Å²) in [5.74, 6) is 2.16. The smallest absolute Gasteiger partial charge is 0.273 e. The van der Waals surface area contributed by atoms with Gasteiger partial charge >= 0.3 is 0 Å². The van der Waals surface area contributed by atoms with Gasteiger partial charge in [-0.2, -0.15) is 0 Å². The van der Waals surface area contributed by atoms with Crippen molar-refractivity contribution < 1.29 is 23.5 Å². The number of aromatic nitrogens is 1. The van der Waals surface area contributed by atoms with Crippen LogP contribution in [-0.4, -0.2) is 17.9 Å². The second-order valence-electron chi connectivity index (χ2n) is 6.71. The summed E-state index contributed by atoms with van der Waals surface area (Å²) < 4.78 is 21.5.